The standard InChI is InChI=1S/C22H20N8/c1-12-7-6-10-15-16(12)28-18(14-8-4-3-5-9-14)17(27-15)13(2)26-21-19-20(25-11-24-19)29-22(23)30-21/h3-11,13H,1-2H3,(H4,23,24,25,26,29,30). The number of nitrogen functional groups attached to an aromatic ring is 1. The van der Waals surface area contributed by atoms with Crippen molar-refractivity contribution in [1.82, 2.24) is 29.9 Å². The highest BCUT2D eigenvalue weighted by molar-refractivity contribution is 5.84. The van der Waals surface area contributed by atoms with Gasteiger partial charge in [-0.1, -0.05) is 42.5 Å². The van der Waals surface area contributed by atoms with Gasteiger partial charge in [-0.3, -0.25) is 0 Å². The first-order valence-electron chi connectivity index (χ1n) is 9.66. The molecule has 0 aliphatic heterocycles. The van der Waals surface area contributed by atoms with Crippen molar-refractivity contribution in [2.75, 3.05) is 11.1 Å². The van der Waals surface area contributed by atoms with Gasteiger partial charge in [0.2, 0.25) is 5.95 Å². The number of aryl methyl sites for hydroxylation is 1. The summed E-state index contributed by atoms with van der Waals surface area (Å²) in [5, 5.41) is 3.40. The maximum Gasteiger partial charge on any atom is 0.224 e. The predicted molar refractivity (Wildman–Crippen MR) is 118 cm³/mol. The SMILES string of the molecule is Cc1cccc2nc(C(C)Nc3nc(N)nc4[nH]cnc34)c(-c3ccccc3)nc12. The van der Waals surface area contributed by atoms with Crippen molar-refractivity contribution in [2.24, 2.45) is 0 Å². The van der Waals surface area contributed by atoms with Gasteiger partial charge in [0.15, 0.2) is 11.5 Å². The van der Waals surface area contributed by atoms with E-state index < -0.39 is 0 Å². The van der Waals surface area contributed by atoms with E-state index >= 15 is 0 Å². The number of benzene rings is 2. The topological polar surface area (TPSA) is 118 Å². The Morgan fingerprint density at radius 3 is 2.60 bits per heavy atom. The second-order valence-corrected chi connectivity index (χ2v) is 7.16. The average molecular weight is 396 g/mol. The van der Waals surface area contributed by atoms with Gasteiger partial charge >= 0.3 is 0 Å². The molecule has 4 N–H and O–H groups in total. The number of hydrogen-bond acceptors (Lipinski definition) is 7. The van der Waals surface area contributed by atoms with E-state index in [2.05, 4.69) is 25.3 Å². The van der Waals surface area contributed by atoms with Crippen LogP contribution in [0.5, 0.6) is 0 Å². The summed E-state index contributed by atoms with van der Waals surface area (Å²) in [6.45, 7) is 4.07. The first kappa shape index (κ1) is 18.0. The van der Waals surface area contributed by atoms with Crippen LogP contribution in [0, 0.1) is 6.92 Å². The highest BCUT2D eigenvalue weighted by atomic mass is 15.1. The summed E-state index contributed by atoms with van der Waals surface area (Å²) in [5.74, 6) is 0.723. The maximum absolute atomic E-state index is 5.87. The van der Waals surface area contributed by atoms with E-state index in [1.54, 1.807) is 6.33 Å². The molecule has 5 aromatic rings. The van der Waals surface area contributed by atoms with Crippen LogP contribution in [0.15, 0.2) is 54.9 Å². The lowest BCUT2D eigenvalue weighted by Crippen LogP contribution is -2.14. The van der Waals surface area contributed by atoms with Crippen LogP contribution in [-0.4, -0.2) is 29.9 Å². The molecular weight excluding hydrogens is 376 g/mol. The van der Waals surface area contributed by atoms with E-state index in [1.807, 2.05) is 62.4 Å². The van der Waals surface area contributed by atoms with Crippen molar-refractivity contribution in [3.05, 3.63) is 66.1 Å². The largest absolute Gasteiger partial charge is 0.368 e. The van der Waals surface area contributed by atoms with Crippen LogP contribution in [0.2, 0.25) is 0 Å². The summed E-state index contributed by atoms with van der Waals surface area (Å²) in [6.07, 6.45) is 1.57. The molecule has 8 heteroatoms. The summed E-state index contributed by atoms with van der Waals surface area (Å²) in [4.78, 5) is 25.8. The van der Waals surface area contributed by atoms with Crippen LogP contribution < -0.4 is 11.1 Å². The zero-order chi connectivity index (χ0) is 20.7. The quantitative estimate of drug-likeness (QED) is 0.420. The number of nitrogens with one attached hydrogen (secondary N) is 2. The van der Waals surface area contributed by atoms with E-state index in [0.717, 1.165) is 33.5 Å². The van der Waals surface area contributed by atoms with Crippen LogP contribution in [-0.2, 0) is 0 Å². The Bertz CT molecular complexity index is 1360. The fraction of sp³-hybridized carbons (Fsp3) is 0.136. The second kappa shape index (κ2) is 7.07. The van der Waals surface area contributed by atoms with Crippen LogP contribution in [0.1, 0.15) is 24.2 Å². The molecule has 0 bridgehead atoms. The number of para-hydroxylation sites is 1. The Kier molecular flexibility index (Phi) is 4.24. The molecule has 3 aromatic heterocycles. The van der Waals surface area contributed by atoms with Gasteiger partial charge in [0, 0.05) is 5.56 Å². The van der Waals surface area contributed by atoms with Gasteiger partial charge in [-0.25, -0.2) is 15.0 Å². The molecule has 0 spiro atoms. The van der Waals surface area contributed by atoms with Crippen LogP contribution in [0.3, 0.4) is 0 Å². The molecular formula is C22H20N8. The van der Waals surface area contributed by atoms with Crippen molar-refractivity contribution >= 4 is 34.0 Å². The second-order valence-electron chi connectivity index (χ2n) is 7.16. The minimum Gasteiger partial charge on any atom is -0.368 e. The fourth-order valence-electron chi connectivity index (χ4n) is 3.57. The molecule has 8 nitrogen and oxygen atoms in total. The fourth-order valence-corrected chi connectivity index (χ4v) is 3.57. The lowest BCUT2D eigenvalue weighted by Gasteiger charge is -2.18. The van der Waals surface area contributed by atoms with Gasteiger partial charge in [-0.15, -0.1) is 0 Å². The van der Waals surface area contributed by atoms with Crippen molar-refractivity contribution in [1.29, 1.82) is 0 Å². The first-order valence-corrected chi connectivity index (χ1v) is 9.66. The molecule has 30 heavy (non-hydrogen) atoms. The normalized spacial score (nSPS) is 12.3. The highest BCUT2D eigenvalue weighted by Crippen LogP contribution is 2.31. The Hall–Kier alpha value is -4.07. The number of nitrogens with two attached hydrogens (primary N) is 1. The highest BCUT2D eigenvalue weighted by Gasteiger charge is 2.20. The zero-order valence-electron chi connectivity index (χ0n) is 16.6. The number of rotatable bonds is 4. The summed E-state index contributed by atoms with van der Waals surface area (Å²) in [6, 6.07) is 15.9. The molecule has 0 fully saturated rings. The van der Waals surface area contributed by atoms with Gasteiger partial charge in [0.05, 0.1) is 34.8 Å². The number of aromatic nitrogens is 6. The van der Waals surface area contributed by atoms with Gasteiger partial charge in [0.25, 0.3) is 0 Å². The van der Waals surface area contributed by atoms with Crippen molar-refractivity contribution in [3.8, 4) is 11.3 Å². The lowest BCUT2D eigenvalue weighted by atomic mass is 10.0. The number of aromatic amines is 1. The number of nitrogens with zero attached hydrogens (tertiary/aromatic N) is 5. The van der Waals surface area contributed by atoms with E-state index in [4.69, 9.17) is 15.7 Å². The molecule has 1 unspecified atom stereocenters. The molecule has 148 valence electrons. The predicted octanol–water partition coefficient (Wildman–Crippen LogP) is 4.03. The van der Waals surface area contributed by atoms with Gasteiger partial charge in [-0.2, -0.15) is 9.97 Å². The third-order valence-corrected chi connectivity index (χ3v) is 5.03. The molecule has 0 saturated carbocycles. The van der Waals surface area contributed by atoms with Crippen LogP contribution in [0.4, 0.5) is 11.8 Å². The molecule has 0 aliphatic carbocycles. The van der Waals surface area contributed by atoms with Gasteiger partial charge < -0.3 is 16.0 Å². The molecule has 0 saturated heterocycles. The van der Waals surface area contributed by atoms with E-state index in [-0.39, 0.29) is 12.0 Å². The van der Waals surface area contributed by atoms with Gasteiger partial charge in [0.1, 0.15) is 5.52 Å². The summed E-state index contributed by atoms with van der Waals surface area (Å²) < 4.78 is 0. The maximum atomic E-state index is 5.87. The van der Waals surface area contributed by atoms with Crippen LogP contribution in [0.25, 0.3) is 33.5 Å². The molecule has 0 amide bonds. The number of anilines is 2. The molecule has 5 rings (SSSR count). The lowest BCUT2D eigenvalue weighted by molar-refractivity contribution is 0.835. The Morgan fingerprint density at radius 1 is 0.933 bits per heavy atom. The zero-order valence-corrected chi connectivity index (χ0v) is 16.6. The number of fused-ring (bicyclic) bond motifs is 2. The Balaban J connectivity index is 1.66. The average Bonchev–Trinajstić information content (AvgIpc) is 3.22. The van der Waals surface area contributed by atoms with E-state index in [1.165, 1.54) is 0 Å². The summed E-state index contributed by atoms with van der Waals surface area (Å²) >= 11 is 0. The van der Waals surface area contributed by atoms with E-state index in [9.17, 15) is 0 Å². The minimum absolute atomic E-state index is 0.171. The minimum atomic E-state index is -0.202. The monoisotopic (exact) mass is 396 g/mol. The summed E-state index contributed by atoms with van der Waals surface area (Å²) in [5.41, 5.74) is 12.6. The third-order valence-electron chi connectivity index (χ3n) is 5.03. The molecule has 1 atom stereocenters. The first-order chi connectivity index (χ1) is 14.6. The Labute approximate surface area is 172 Å². The Morgan fingerprint density at radius 2 is 1.77 bits per heavy atom. The summed E-state index contributed by atoms with van der Waals surface area (Å²) in [7, 11) is 0. The molecule has 0 aliphatic rings. The van der Waals surface area contributed by atoms with Gasteiger partial charge in [-0.05, 0) is 25.5 Å². The third kappa shape index (κ3) is 3.08. The van der Waals surface area contributed by atoms with Crippen molar-refractivity contribution in [3.63, 3.8) is 0 Å². The van der Waals surface area contributed by atoms with Crippen LogP contribution >= 0.6 is 0 Å². The number of imidazole rings is 1. The molecule has 3 heterocycles. The number of hydrogen-bond donors (Lipinski definition) is 3. The smallest absolute Gasteiger partial charge is 0.224 e. The van der Waals surface area contributed by atoms with E-state index in [0.29, 0.717) is 17.0 Å². The molecule has 2 aromatic carbocycles. The van der Waals surface area contributed by atoms with Crippen molar-refractivity contribution < 1.29 is 0 Å². The number of H-pyrrole nitrogens is 1. The van der Waals surface area contributed by atoms with Crippen molar-refractivity contribution in [2.45, 2.75) is 19.9 Å². The molecule has 0 radical (unpaired) electrons.